The van der Waals surface area contributed by atoms with Crippen molar-refractivity contribution in [1.29, 1.82) is 0 Å². The summed E-state index contributed by atoms with van der Waals surface area (Å²) in [6, 6.07) is 17.5. The van der Waals surface area contributed by atoms with Gasteiger partial charge in [-0.2, -0.15) is 0 Å². The molecule has 0 aliphatic rings. The third kappa shape index (κ3) is 3.32. The number of anilines is 1. The van der Waals surface area contributed by atoms with Crippen LogP contribution in [0, 0.1) is 0 Å². The minimum atomic E-state index is -0.317. The summed E-state index contributed by atoms with van der Waals surface area (Å²) in [6.45, 7) is 0. The van der Waals surface area contributed by atoms with Crippen LogP contribution in [-0.4, -0.2) is 5.91 Å². The molecule has 22 heavy (non-hydrogen) atoms. The zero-order valence-corrected chi connectivity index (χ0v) is 12.9. The maximum absolute atomic E-state index is 12.1. The van der Waals surface area contributed by atoms with Gasteiger partial charge >= 0.3 is 0 Å². The predicted molar refractivity (Wildman–Crippen MR) is 88.6 cm³/mol. The molecule has 1 heterocycles. The highest BCUT2D eigenvalue weighted by atomic mass is 35.5. The first-order chi connectivity index (χ1) is 10.6. The van der Waals surface area contributed by atoms with E-state index >= 15 is 0 Å². The quantitative estimate of drug-likeness (QED) is 0.687. The van der Waals surface area contributed by atoms with E-state index in [0.29, 0.717) is 21.5 Å². The summed E-state index contributed by atoms with van der Waals surface area (Å²) in [4.78, 5) is 12.1. The molecule has 3 aromatic rings. The Bertz CT molecular complexity index is 792. The molecule has 0 aliphatic carbocycles. The van der Waals surface area contributed by atoms with Gasteiger partial charge in [0.25, 0.3) is 5.91 Å². The second-order valence-corrected chi connectivity index (χ2v) is 5.50. The van der Waals surface area contributed by atoms with Gasteiger partial charge in [0.15, 0.2) is 5.76 Å². The number of carbonyl (C=O) groups is 1. The molecule has 0 bridgehead atoms. The molecule has 0 radical (unpaired) electrons. The van der Waals surface area contributed by atoms with Crippen molar-refractivity contribution < 1.29 is 9.21 Å². The van der Waals surface area contributed by atoms with Crippen LogP contribution in [0.15, 0.2) is 65.1 Å². The molecule has 0 unspecified atom stereocenters. The summed E-state index contributed by atoms with van der Waals surface area (Å²) in [5, 5.41) is 4.01. The van der Waals surface area contributed by atoms with E-state index in [4.69, 9.17) is 27.6 Å². The Morgan fingerprint density at radius 1 is 0.818 bits per heavy atom. The van der Waals surface area contributed by atoms with Crippen LogP contribution in [-0.2, 0) is 0 Å². The van der Waals surface area contributed by atoms with Crippen LogP contribution in [0.1, 0.15) is 10.6 Å². The van der Waals surface area contributed by atoms with Crippen molar-refractivity contribution in [2.75, 3.05) is 5.32 Å². The smallest absolute Gasteiger partial charge is 0.291 e. The molecule has 1 aromatic heterocycles. The summed E-state index contributed by atoms with van der Waals surface area (Å²) in [5.74, 6) is 0.528. The standard InChI is InChI=1S/C17H11Cl2NO2/c18-12-3-1-11(2-4-12)15-9-10-16(22-15)17(21)20-14-7-5-13(19)6-8-14/h1-10H,(H,20,21). The van der Waals surface area contributed by atoms with Crippen LogP contribution < -0.4 is 5.32 Å². The molecular formula is C17H11Cl2NO2. The average Bonchev–Trinajstić information content (AvgIpc) is 3.00. The zero-order valence-electron chi connectivity index (χ0n) is 11.3. The summed E-state index contributed by atoms with van der Waals surface area (Å²) < 4.78 is 5.59. The Morgan fingerprint density at radius 3 is 2.05 bits per heavy atom. The van der Waals surface area contributed by atoms with Crippen LogP contribution in [0.5, 0.6) is 0 Å². The molecule has 1 N–H and O–H groups in total. The monoisotopic (exact) mass is 331 g/mol. The molecule has 5 heteroatoms. The first-order valence-electron chi connectivity index (χ1n) is 6.54. The number of halogens is 2. The largest absolute Gasteiger partial charge is 0.451 e. The number of nitrogens with one attached hydrogen (secondary N) is 1. The highest BCUT2D eigenvalue weighted by Crippen LogP contribution is 2.24. The molecule has 0 aliphatic heterocycles. The predicted octanol–water partition coefficient (Wildman–Crippen LogP) is 5.51. The number of amides is 1. The van der Waals surface area contributed by atoms with E-state index in [1.165, 1.54) is 0 Å². The van der Waals surface area contributed by atoms with Crippen LogP contribution in [0.25, 0.3) is 11.3 Å². The van der Waals surface area contributed by atoms with E-state index in [2.05, 4.69) is 5.32 Å². The summed E-state index contributed by atoms with van der Waals surface area (Å²) in [6.07, 6.45) is 0. The molecule has 0 spiro atoms. The average molecular weight is 332 g/mol. The molecule has 0 atom stereocenters. The fourth-order valence-corrected chi connectivity index (χ4v) is 2.21. The van der Waals surface area contributed by atoms with Gasteiger partial charge in [-0.3, -0.25) is 4.79 Å². The second-order valence-electron chi connectivity index (χ2n) is 4.63. The van der Waals surface area contributed by atoms with Crippen molar-refractivity contribution >= 4 is 34.8 Å². The van der Waals surface area contributed by atoms with E-state index in [0.717, 1.165) is 5.56 Å². The van der Waals surface area contributed by atoms with E-state index in [1.54, 1.807) is 48.5 Å². The molecule has 3 rings (SSSR count). The summed E-state index contributed by atoms with van der Waals surface area (Å²) in [7, 11) is 0. The first kappa shape index (κ1) is 14.7. The van der Waals surface area contributed by atoms with Crippen molar-refractivity contribution in [2.24, 2.45) is 0 Å². The van der Waals surface area contributed by atoms with Crippen LogP contribution >= 0.6 is 23.2 Å². The lowest BCUT2D eigenvalue weighted by atomic mass is 10.2. The van der Waals surface area contributed by atoms with Gasteiger partial charge in [-0.25, -0.2) is 0 Å². The van der Waals surface area contributed by atoms with Gasteiger partial charge in [-0.1, -0.05) is 23.2 Å². The van der Waals surface area contributed by atoms with Gasteiger partial charge in [0.05, 0.1) is 0 Å². The van der Waals surface area contributed by atoms with Gasteiger partial charge in [0.1, 0.15) is 5.76 Å². The molecular weight excluding hydrogens is 321 g/mol. The molecule has 1 amide bonds. The second kappa shape index (κ2) is 6.26. The van der Waals surface area contributed by atoms with E-state index in [1.807, 2.05) is 12.1 Å². The Balaban J connectivity index is 1.76. The highest BCUT2D eigenvalue weighted by molar-refractivity contribution is 6.30. The highest BCUT2D eigenvalue weighted by Gasteiger charge is 2.12. The third-order valence-corrected chi connectivity index (χ3v) is 3.56. The fraction of sp³-hybridized carbons (Fsp3) is 0. The van der Waals surface area contributed by atoms with Crippen molar-refractivity contribution in [3.05, 3.63) is 76.5 Å². The van der Waals surface area contributed by atoms with Crippen LogP contribution in [0.2, 0.25) is 10.0 Å². The van der Waals surface area contributed by atoms with E-state index in [9.17, 15) is 4.79 Å². The minimum absolute atomic E-state index is 0.236. The van der Waals surface area contributed by atoms with Crippen molar-refractivity contribution in [1.82, 2.24) is 0 Å². The topological polar surface area (TPSA) is 42.2 Å². The van der Waals surface area contributed by atoms with Gasteiger partial charge in [0, 0.05) is 21.3 Å². The SMILES string of the molecule is O=C(Nc1ccc(Cl)cc1)c1ccc(-c2ccc(Cl)cc2)o1. The fourth-order valence-electron chi connectivity index (χ4n) is 1.96. The number of hydrogen-bond acceptors (Lipinski definition) is 2. The van der Waals surface area contributed by atoms with Crippen LogP contribution in [0.4, 0.5) is 5.69 Å². The normalized spacial score (nSPS) is 10.5. The molecule has 0 saturated carbocycles. The number of hydrogen-bond donors (Lipinski definition) is 1. The number of benzene rings is 2. The lowest BCUT2D eigenvalue weighted by Crippen LogP contribution is -2.10. The summed E-state index contributed by atoms with van der Waals surface area (Å²) in [5.41, 5.74) is 1.51. The number of furan rings is 1. The first-order valence-corrected chi connectivity index (χ1v) is 7.30. The van der Waals surface area contributed by atoms with Gasteiger partial charge < -0.3 is 9.73 Å². The molecule has 0 saturated heterocycles. The van der Waals surface area contributed by atoms with Gasteiger partial charge in [-0.15, -0.1) is 0 Å². The summed E-state index contributed by atoms with van der Waals surface area (Å²) >= 11 is 11.7. The lowest BCUT2D eigenvalue weighted by molar-refractivity contribution is 0.0997. The molecule has 0 fully saturated rings. The maximum atomic E-state index is 12.1. The maximum Gasteiger partial charge on any atom is 0.291 e. The number of carbonyl (C=O) groups excluding carboxylic acids is 1. The van der Waals surface area contributed by atoms with E-state index < -0.39 is 0 Å². The number of rotatable bonds is 3. The molecule has 3 nitrogen and oxygen atoms in total. The van der Waals surface area contributed by atoms with E-state index in [-0.39, 0.29) is 11.7 Å². The Labute approximate surface area is 137 Å². The Morgan fingerprint density at radius 2 is 1.41 bits per heavy atom. The van der Waals surface area contributed by atoms with Crippen LogP contribution in [0.3, 0.4) is 0 Å². The Kier molecular flexibility index (Phi) is 4.18. The zero-order chi connectivity index (χ0) is 15.5. The van der Waals surface area contributed by atoms with Crippen molar-refractivity contribution in [3.8, 4) is 11.3 Å². The van der Waals surface area contributed by atoms with Gasteiger partial charge in [0.2, 0.25) is 0 Å². The van der Waals surface area contributed by atoms with Crippen molar-refractivity contribution in [2.45, 2.75) is 0 Å². The Hall–Kier alpha value is -2.23. The third-order valence-electron chi connectivity index (χ3n) is 3.06. The van der Waals surface area contributed by atoms with Crippen molar-refractivity contribution in [3.63, 3.8) is 0 Å². The minimum Gasteiger partial charge on any atom is -0.451 e. The lowest BCUT2D eigenvalue weighted by Gasteiger charge is -2.03. The van der Waals surface area contributed by atoms with Gasteiger partial charge in [-0.05, 0) is 60.7 Å². The molecule has 2 aromatic carbocycles. The molecule has 110 valence electrons.